The van der Waals surface area contributed by atoms with Crippen LogP contribution >= 0.6 is 0 Å². The van der Waals surface area contributed by atoms with E-state index in [9.17, 15) is 13.2 Å². The van der Waals surface area contributed by atoms with Crippen molar-refractivity contribution in [1.82, 2.24) is 5.32 Å². The molecular formula is C12H24N2O3S. The molecule has 0 aromatic carbocycles. The number of nitrogens with one attached hydrogen (secondary N) is 1. The van der Waals surface area contributed by atoms with Gasteiger partial charge < -0.3 is 11.1 Å². The second-order valence-electron chi connectivity index (χ2n) is 5.37. The summed E-state index contributed by atoms with van der Waals surface area (Å²) in [7, 11) is -3.06. The third-order valence-electron chi connectivity index (χ3n) is 3.61. The summed E-state index contributed by atoms with van der Waals surface area (Å²) in [6, 6.07) is -0.604. The average Bonchev–Trinajstić information content (AvgIpc) is 2.77. The van der Waals surface area contributed by atoms with Crippen LogP contribution in [0, 0.1) is 5.92 Å². The van der Waals surface area contributed by atoms with Crippen molar-refractivity contribution >= 4 is 15.7 Å². The van der Waals surface area contributed by atoms with Gasteiger partial charge in [-0.2, -0.15) is 0 Å². The third-order valence-corrected chi connectivity index (χ3v) is 4.59. The Labute approximate surface area is 109 Å². The highest BCUT2D eigenvalue weighted by atomic mass is 32.2. The Balaban J connectivity index is 2.34. The first-order chi connectivity index (χ1) is 8.29. The van der Waals surface area contributed by atoms with E-state index in [0.717, 1.165) is 19.1 Å². The molecule has 5 nitrogen and oxygen atoms in total. The van der Waals surface area contributed by atoms with Gasteiger partial charge >= 0.3 is 0 Å². The van der Waals surface area contributed by atoms with Crippen LogP contribution in [0.25, 0.3) is 0 Å². The second-order valence-corrected chi connectivity index (χ2v) is 7.63. The van der Waals surface area contributed by atoms with E-state index in [0.29, 0.717) is 5.92 Å². The van der Waals surface area contributed by atoms with Crippen molar-refractivity contribution < 1.29 is 13.2 Å². The van der Waals surface area contributed by atoms with Crippen LogP contribution in [0.4, 0.5) is 0 Å². The molecule has 6 heteroatoms. The fourth-order valence-corrected chi connectivity index (χ4v) is 3.06. The molecule has 106 valence electrons. The molecule has 0 heterocycles. The number of rotatable bonds is 6. The molecule has 1 aliphatic carbocycles. The van der Waals surface area contributed by atoms with E-state index in [1.807, 2.05) is 6.92 Å². The van der Waals surface area contributed by atoms with Crippen LogP contribution in [-0.2, 0) is 14.6 Å². The maximum Gasteiger partial charge on any atom is 0.237 e. The van der Waals surface area contributed by atoms with Gasteiger partial charge in [0.25, 0.3) is 0 Å². The molecule has 0 aromatic heterocycles. The first kappa shape index (κ1) is 15.4. The number of carbonyl (C=O) groups excluding carboxylic acids is 1. The molecule has 0 saturated heterocycles. The average molecular weight is 276 g/mol. The van der Waals surface area contributed by atoms with Gasteiger partial charge in [-0.3, -0.25) is 4.79 Å². The Morgan fingerprint density at radius 2 is 1.94 bits per heavy atom. The molecule has 0 radical (unpaired) electrons. The van der Waals surface area contributed by atoms with Crippen molar-refractivity contribution in [2.24, 2.45) is 11.7 Å². The number of sulfone groups is 1. The zero-order valence-electron chi connectivity index (χ0n) is 11.2. The van der Waals surface area contributed by atoms with Crippen molar-refractivity contribution in [2.75, 3.05) is 12.0 Å². The summed E-state index contributed by atoms with van der Waals surface area (Å²) in [6.45, 7) is 2.00. The molecule has 0 aromatic rings. The molecule has 2 atom stereocenters. The van der Waals surface area contributed by atoms with Crippen LogP contribution in [-0.4, -0.2) is 38.4 Å². The summed E-state index contributed by atoms with van der Waals surface area (Å²) in [5, 5.41) is 2.90. The Bertz CT molecular complexity index is 375. The van der Waals surface area contributed by atoms with Gasteiger partial charge in [0.2, 0.25) is 5.91 Å². The van der Waals surface area contributed by atoms with E-state index in [1.165, 1.54) is 12.8 Å². The Kier molecular flexibility index (Phi) is 5.59. The molecule has 3 N–H and O–H groups in total. The zero-order valence-corrected chi connectivity index (χ0v) is 12.0. The fraction of sp³-hybridized carbons (Fsp3) is 0.917. The number of nitrogens with two attached hydrogens (primary N) is 1. The van der Waals surface area contributed by atoms with Gasteiger partial charge in [0.05, 0.1) is 11.8 Å². The van der Waals surface area contributed by atoms with Gasteiger partial charge in [-0.1, -0.05) is 12.8 Å². The van der Waals surface area contributed by atoms with Gasteiger partial charge in [-0.15, -0.1) is 0 Å². The number of hydrogen-bond acceptors (Lipinski definition) is 4. The lowest BCUT2D eigenvalue weighted by Gasteiger charge is -2.22. The van der Waals surface area contributed by atoms with E-state index < -0.39 is 15.9 Å². The van der Waals surface area contributed by atoms with Crippen molar-refractivity contribution in [3.05, 3.63) is 0 Å². The summed E-state index contributed by atoms with van der Waals surface area (Å²) in [5.41, 5.74) is 5.69. The second kappa shape index (κ2) is 6.52. The highest BCUT2D eigenvalue weighted by Gasteiger charge is 2.24. The van der Waals surface area contributed by atoms with Crippen LogP contribution in [0.3, 0.4) is 0 Å². The molecule has 1 fully saturated rings. The highest BCUT2D eigenvalue weighted by molar-refractivity contribution is 7.90. The zero-order chi connectivity index (χ0) is 13.8. The maximum atomic E-state index is 11.8. The third kappa shape index (κ3) is 5.35. The number of amides is 1. The summed E-state index contributed by atoms with van der Waals surface area (Å²) < 4.78 is 22.0. The van der Waals surface area contributed by atoms with Crippen molar-refractivity contribution in [2.45, 2.75) is 51.1 Å². The minimum absolute atomic E-state index is 0.0423. The molecule has 1 rings (SSSR count). The van der Waals surface area contributed by atoms with Gasteiger partial charge in [0.15, 0.2) is 0 Å². The maximum absolute atomic E-state index is 11.8. The van der Waals surface area contributed by atoms with Crippen LogP contribution in [0.15, 0.2) is 0 Å². The van der Waals surface area contributed by atoms with Crippen LogP contribution < -0.4 is 11.1 Å². The normalized spacial score (nSPS) is 20.6. The molecule has 2 unspecified atom stereocenters. The summed E-state index contributed by atoms with van der Waals surface area (Å²) >= 11 is 0. The van der Waals surface area contributed by atoms with Crippen LogP contribution in [0.5, 0.6) is 0 Å². The largest absolute Gasteiger partial charge is 0.352 e. The molecule has 1 saturated carbocycles. The fourth-order valence-electron chi connectivity index (χ4n) is 2.38. The van der Waals surface area contributed by atoms with Crippen molar-refractivity contribution in [3.63, 3.8) is 0 Å². The van der Waals surface area contributed by atoms with E-state index >= 15 is 0 Å². The van der Waals surface area contributed by atoms with E-state index in [1.54, 1.807) is 0 Å². The summed E-state index contributed by atoms with van der Waals surface area (Å²) in [4.78, 5) is 11.8. The molecule has 0 bridgehead atoms. The summed E-state index contributed by atoms with van der Waals surface area (Å²) in [5.74, 6) is 0.258. The van der Waals surface area contributed by atoms with Crippen LogP contribution in [0.1, 0.15) is 39.0 Å². The first-order valence-electron chi connectivity index (χ1n) is 6.53. The topological polar surface area (TPSA) is 89.3 Å². The van der Waals surface area contributed by atoms with Gasteiger partial charge in [-0.05, 0) is 32.1 Å². The number of carbonyl (C=O) groups is 1. The number of hydrogen-bond donors (Lipinski definition) is 2. The SMILES string of the molecule is CC(NC(=O)C(N)CCS(C)(=O)=O)C1CCCC1. The quantitative estimate of drug-likeness (QED) is 0.737. The van der Waals surface area contributed by atoms with E-state index in [-0.39, 0.29) is 24.1 Å². The Morgan fingerprint density at radius 1 is 1.39 bits per heavy atom. The molecule has 0 aliphatic heterocycles. The van der Waals surface area contributed by atoms with Gasteiger partial charge in [0.1, 0.15) is 9.84 Å². The Hall–Kier alpha value is -0.620. The molecule has 1 amide bonds. The monoisotopic (exact) mass is 276 g/mol. The lowest BCUT2D eigenvalue weighted by Crippen LogP contribution is -2.47. The van der Waals surface area contributed by atoms with E-state index in [2.05, 4.69) is 5.32 Å². The van der Waals surface area contributed by atoms with Crippen molar-refractivity contribution in [3.8, 4) is 0 Å². The Morgan fingerprint density at radius 3 is 2.44 bits per heavy atom. The predicted molar refractivity (Wildman–Crippen MR) is 71.9 cm³/mol. The van der Waals surface area contributed by atoms with Gasteiger partial charge in [-0.25, -0.2) is 8.42 Å². The van der Waals surface area contributed by atoms with Crippen LogP contribution in [0.2, 0.25) is 0 Å². The van der Waals surface area contributed by atoms with Gasteiger partial charge in [0, 0.05) is 12.3 Å². The lowest BCUT2D eigenvalue weighted by atomic mass is 9.99. The minimum atomic E-state index is -3.06. The predicted octanol–water partition coefficient (Wildman–Crippen LogP) is 0.443. The lowest BCUT2D eigenvalue weighted by molar-refractivity contribution is -0.123. The first-order valence-corrected chi connectivity index (χ1v) is 8.59. The smallest absolute Gasteiger partial charge is 0.237 e. The van der Waals surface area contributed by atoms with E-state index in [4.69, 9.17) is 5.73 Å². The minimum Gasteiger partial charge on any atom is -0.352 e. The molecule has 18 heavy (non-hydrogen) atoms. The van der Waals surface area contributed by atoms with Crippen molar-refractivity contribution in [1.29, 1.82) is 0 Å². The summed E-state index contributed by atoms with van der Waals surface area (Å²) in [6.07, 6.45) is 6.09. The highest BCUT2D eigenvalue weighted by Crippen LogP contribution is 2.27. The molecule has 1 aliphatic rings. The molecular weight excluding hydrogens is 252 g/mol. The standard InChI is InChI=1S/C12H24N2O3S/c1-9(10-5-3-4-6-10)14-12(15)11(13)7-8-18(2,16)17/h9-11H,3-8,13H2,1-2H3,(H,14,15). The molecule has 0 spiro atoms.